The van der Waals surface area contributed by atoms with E-state index >= 15 is 0 Å². The van der Waals surface area contributed by atoms with E-state index in [2.05, 4.69) is 4.99 Å². The van der Waals surface area contributed by atoms with Crippen LogP contribution >= 0.6 is 0 Å². The van der Waals surface area contributed by atoms with Crippen molar-refractivity contribution in [2.45, 2.75) is 44.4 Å². The quantitative estimate of drug-likeness (QED) is 0.546. The Bertz CT molecular complexity index is 338. The normalized spacial score (nSPS) is 20.6. The molecule has 86 valence electrons. The number of isocyanates is 1. The van der Waals surface area contributed by atoms with Gasteiger partial charge in [-0.1, -0.05) is 19.3 Å². The number of hydrogen-bond acceptors (Lipinski definition) is 4. The average molecular weight is 231 g/mol. The molecule has 0 aliphatic heterocycles. The number of hydrogen-bond donors (Lipinski definition) is 0. The van der Waals surface area contributed by atoms with E-state index in [9.17, 15) is 13.2 Å². The number of sulfone groups is 1. The molecule has 0 N–H and O–H groups in total. The van der Waals surface area contributed by atoms with E-state index in [4.69, 9.17) is 0 Å². The minimum Gasteiger partial charge on any atom is -0.227 e. The monoisotopic (exact) mass is 231 g/mol. The fraction of sp³-hybridized carbons (Fsp3) is 0.900. The first-order chi connectivity index (χ1) is 7.06. The molecule has 5 heteroatoms. The second kappa shape index (κ2) is 5.42. The highest BCUT2D eigenvalue weighted by Crippen LogP contribution is 2.25. The van der Waals surface area contributed by atoms with Crippen LogP contribution in [0.4, 0.5) is 0 Å². The zero-order valence-electron chi connectivity index (χ0n) is 8.98. The van der Waals surface area contributed by atoms with Gasteiger partial charge < -0.3 is 0 Å². The molecule has 0 heterocycles. The summed E-state index contributed by atoms with van der Waals surface area (Å²) in [6, 6.07) is 0. The predicted molar refractivity (Wildman–Crippen MR) is 57.9 cm³/mol. The van der Waals surface area contributed by atoms with Crippen LogP contribution in [0.25, 0.3) is 0 Å². The highest BCUT2D eigenvalue weighted by atomic mass is 32.2. The molecule has 1 rings (SSSR count). The minimum atomic E-state index is -3.25. The number of aliphatic imine (C=N–C) groups is 1. The molecular formula is C10H17NO3S. The molecule has 0 aromatic rings. The Hall–Kier alpha value is -0.670. The molecule has 15 heavy (non-hydrogen) atoms. The highest BCUT2D eigenvalue weighted by molar-refractivity contribution is 7.92. The second-order valence-corrected chi connectivity index (χ2v) is 6.49. The SMILES string of the molecule is CC(N=C=O)S(=O)(=O)CC1CCCCC1. The largest absolute Gasteiger partial charge is 0.236 e. The maximum absolute atomic E-state index is 11.7. The van der Waals surface area contributed by atoms with E-state index in [1.165, 1.54) is 19.4 Å². The molecule has 0 saturated heterocycles. The van der Waals surface area contributed by atoms with Crippen LogP contribution in [0.2, 0.25) is 0 Å². The average Bonchev–Trinajstić information content (AvgIpc) is 2.19. The van der Waals surface area contributed by atoms with Crippen molar-refractivity contribution in [3.8, 4) is 0 Å². The molecule has 1 aliphatic carbocycles. The molecule has 1 aliphatic rings. The Morgan fingerprint density at radius 3 is 2.47 bits per heavy atom. The molecule has 0 bridgehead atoms. The van der Waals surface area contributed by atoms with Gasteiger partial charge in [-0.2, -0.15) is 4.99 Å². The highest BCUT2D eigenvalue weighted by Gasteiger charge is 2.26. The molecule has 1 saturated carbocycles. The van der Waals surface area contributed by atoms with Gasteiger partial charge in [0.25, 0.3) is 0 Å². The summed E-state index contributed by atoms with van der Waals surface area (Å²) in [4.78, 5) is 13.3. The van der Waals surface area contributed by atoms with Gasteiger partial charge in [-0.25, -0.2) is 13.2 Å². The van der Waals surface area contributed by atoms with Crippen molar-refractivity contribution in [2.75, 3.05) is 5.75 Å². The zero-order chi connectivity index (χ0) is 11.3. The molecule has 0 radical (unpaired) electrons. The van der Waals surface area contributed by atoms with Crippen molar-refractivity contribution >= 4 is 15.9 Å². The van der Waals surface area contributed by atoms with Gasteiger partial charge in [0, 0.05) is 0 Å². The Kier molecular flexibility index (Phi) is 4.48. The molecule has 1 fully saturated rings. The van der Waals surface area contributed by atoms with Gasteiger partial charge in [0.1, 0.15) is 0 Å². The van der Waals surface area contributed by atoms with Crippen LogP contribution in [0.15, 0.2) is 4.99 Å². The van der Waals surface area contributed by atoms with E-state index in [0.29, 0.717) is 0 Å². The first-order valence-corrected chi connectivity index (χ1v) is 7.06. The number of carbonyl (C=O) groups excluding carboxylic acids is 1. The molecule has 0 aromatic heterocycles. The fourth-order valence-corrected chi connectivity index (χ4v) is 3.45. The number of rotatable bonds is 4. The van der Waals surface area contributed by atoms with Gasteiger partial charge in [-0.15, -0.1) is 0 Å². The van der Waals surface area contributed by atoms with Crippen molar-refractivity contribution < 1.29 is 13.2 Å². The van der Waals surface area contributed by atoms with Gasteiger partial charge in [-0.3, -0.25) is 0 Å². The summed E-state index contributed by atoms with van der Waals surface area (Å²) in [5, 5.41) is -0.933. The molecular weight excluding hydrogens is 214 g/mol. The molecule has 0 amide bonds. The lowest BCUT2D eigenvalue weighted by molar-refractivity contribution is 0.384. The summed E-state index contributed by atoms with van der Waals surface area (Å²) >= 11 is 0. The van der Waals surface area contributed by atoms with Crippen LogP contribution in [0.5, 0.6) is 0 Å². The van der Waals surface area contributed by atoms with E-state index < -0.39 is 15.2 Å². The maximum atomic E-state index is 11.7. The molecule has 4 nitrogen and oxygen atoms in total. The fourth-order valence-electron chi connectivity index (χ4n) is 1.98. The summed E-state index contributed by atoms with van der Waals surface area (Å²) in [7, 11) is -3.25. The Labute approximate surface area is 90.7 Å². The Morgan fingerprint density at radius 2 is 1.93 bits per heavy atom. The molecule has 0 spiro atoms. The lowest BCUT2D eigenvalue weighted by atomic mass is 9.91. The molecule has 1 atom stereocenters. The van der Waals surface area contributed by atoms with Crippen LogP contribution in [-0.2, 0) is 14.6 Å². The van der Waals surface area contributed by atoms with E-state index in [0.717, 1.165) is 25.7 Å². The predicted octanol–water partition coefficient (Wildman–Crippen LogP) is 1.66. The minimum absolute atomic E-state index is 0.166. The third-order valence-electron chi connectivity index (χ3n) is 2.95. The summed E-state index contributed by atoms with van der Waals surface area (Å²) in [5.74, 6) is 0.423. The first-order valence-electron chi connectivity index (χ1n) is 5.35. The van der Waals surface area contributed by atoms with Gasteiger partial charge >= 0.3 is 0 Å². The number of nitrogens with zero attached hydrogens (tertiary/aromatic N) is 1. The zero-order valence-corrected chi connectivity index (χ0v) is 9.79. The van der Waals surface area contributed by atoms with E-state index in [-0.39, 0.29) is 11.7 Å². The maximum Gasteiger partial charge on any atom is 0.236 e. The van der Waals surface area contributed by atoms with Crippen LogP contribution in [0.3, 0.4) is 0 Å². The van der Waals surface area contributed by atoms with Crippen molar-refractivity contribution in [1.29, 1.82) is 0 Å². The summed E-state index contributed by atoms with van der Waals surface area (Å²) in [6.07, 6.45) is 6.71. The summed E-state index contributed by atoms with van der Waals surface area (Å²) in [6.45, 7) is 1.43. The smallest absolute Gasteiger partial charge is 0.227 e. The van der Waals surface area contributed by atoms with Crippen LogP contribution in [-0.4, -0.2) is 25.6 Å². The van der Waals surface area contributed by atoms with Crippen molar-refractivity contribution in [3.05, 3.63) is 0 Å². The second-order valence-electron chi connectivity index (χ2n) is 4.15. The van der Waals surface area contributed by atoms with Crippen LogP contribution < -0.4 is 0 Å². The van der Waals surface area contributed by atoms with E-state index in [1.807, 2.05) is 0 Å². The lowest BCUT2D eigenvalue weighted by Gasteiger charge is -2.21. The van der Waals surface area contributed by atoms with Gasteiger partial charge in [0.15, 0.2) is 15.2 Å². The third kappa shape index (κ3) is 3.76. The molecule has 0 aromatic carbocycles. The van der Waals surface area contributed by atoms with Crippen molar-refractivity contribution in [2.24, 2.45) is 10.9 Å². The van der Waals surface area contributed by atoms with E-state index in [1.54, 1.807) is 0 Å². The standard InChI is InChI=1S/C10H17NO3S/c1-9(11-8-12)15(13,14)7-10-5-3-2-4-6-10/h9-10H,2-7H2,1H3. The Balaban J connectivity index is 2.58. The summed E-state index contributed by atoms with van der Waals surface area (Å²) < 4.78 is 23.4. The first kappa shape index (κ1) is 12.4. The van der Waals surface area contributed by atoms with Crippen molar-refractivity contribution in [1.82, 2.24) is 0 Å². The van der Waals surface area contributed by atoms with Crippen molar-refractivity contribution in [3.63, 3.8) is 0 Å². The van der Waals surface area contributed by atoms with Gasteiger partial charge in [0.05, 0.1) is 5.75 Å². The Morgan fingerprint density at radius 1 is 1.33 bits per heavy atom. The van der Waals surface area contributed by atoms with Crippen LogP contribution in [0.1, 0.15) is 39.0 Å². The van der Waals surface area contributed by atoms with Gasteiger partial charge in [-0.05, 0) is 25.7 Å². The molecule has 1 unspecified atom stereocenters. The topological polar surface area (TPSA) is 63.6 Å². The van der Waals surface area contributed by atoms with Gasteiger partial charge in [0.2, 0.25) is 6.08 Å². The summed E-state index contributed by atoms with van der Waals surface area (Å²) in [5.41, 5.74) is 0. The van der Waals surface area contributed by atoms with Crippen LogP contribution in [0, 0.1) is 5.92 Å². The lowest BCUT2D eigenvalue weighted by Crippen LogP contribution is -2.25. The third-order valence-corrected chi connectivity index (χ3v) is 5.03.